The lowest BCUT2D eigenvalue weighted by molar-refractivity contribution is -0.133. The summed E-state index contributed by atoms with van der Waals surface area (Å²) in [6, 6.07) is 17.6. The van der Waals surface area contributed by atoms with E-state index >= 15 is 0 Å². The fourth-order valence-electron chi connectivity index (χ4n) is 6.73. The van der Waals surface area contributed by atoms with Crippen LogP contribution in [0.25, 0.3) is 39.1 Å². The molecular formula is C37H37FN8O2. The number of hydrogen-bond acceptors (Lipinski definition) is 7. The fraction of sp³-hybridized carbons (Fsp3) is 0.297. The molecule has 5 heterocycles. The molecule has 7 rings (SSSR count). The van der Waals surface area contributed by atoms with Crippen LogP contribution >= 0.6 is 0 Å². The Kier molecular flexibility index (Phi) is 8.53. The number of nitrogens with zero attached hydrogens (tertiary/aromatic N) is 6. The molecule has 2 N–H and O–H groups in total. The van der Waals surface area contributed by atoms with Crippen LogP contribution in [0.4, 0.5) is 10.1 Å². The number of H-pyrrole nitrogens is 1. The predicted octanol–water partition coefficient (Wildman–Crippen LogP) is 5.82. The quantitative estimate of drug-likeness (QED) is 0.218. The summed E-state index contributed by atoms with van der Waals surface area (Å²) in [5, 5.41) is 11.5. The Morgan fingerprint density at radius 1 is 1.00 bits per heavy atom. The van der Waals surface area contributed by atoms with Gasteiger partial charge in [0.15, 0.2) is 5.82 Å². The molecular weight excluding hydrogens is 607 g/mol. The number of halogens is 1. The first-order valence-electron chi connectivity index (χ1n) is 16.3. The van der Waals surface area contributed by atoms with E-state index < -0.39 is 5.41 Å². The van der Waals surface area contributed by atoms with Crippen LogP contribution in [0.1, 0.15) is 32.4 Å². The molecule has 0 spiro atoms. The highest BCUT2D eigenvalue weighted by atomic mass is 19.1. The zero-order chi connectivity index (χ0) is 33.3. The van der Waals surface area contributed by atoms with Crippen molar-refractivity contribution in [2.24, 2.45) is 11.3 Å². The molecule has 3 aromatic heterocycles. The molecule has 0 bridgehead atoms. The van der Waals surface area contributed by atoms with Crippen LogP contribution in [0.3, 0.4) is 0 Å². The number of benzene rings is 2. The molecule has 244 valence electrons. The average molecular weight is 645 g/mol. The summed E-state index contributed by atoms with van der Waals surface area (Å²) in [5.41, 5.74) is 5.21. The van der Waals surface area contributed by atoms with Crippen LogP contribution in [0.15, 0.2) is 85.3 Å². The average Bonchev–Trinajstić information content (AvgIpc) is 3.74. The molecule has 1 fully saturated rings. The Balaban J connectivity index is 0.979. The maximum Gasteiger partial charge on any atom is 0.237 e. The number of anilines is 1. The van der Waals surface area contributed by atoms with Gasteiger partial charge in [0.1, 0.15) is 5.82 Å². The molecule has 48 heavy (non-hydrogen) atoms. The molecule has 1 atom stereocenters. The third-order valence-corrected chi connectivity index (χ3v) is 9.71. The van der Waals surface area contributed by atoms with Gasteiger partial charge in [-0.15, -0.1) is 0 Å². The lowest BCUT2D eigenvalue weighted by Crippen LogP contribution is -2.45. The summed E-state index contributed by atoms with van der Waals surface area (Å²) in [7, 11) is 0. The standard InChI is InChI=1S/C37H37FN8O2/c1-24(2)37(36(48)42-29-9-11-32-30(20-29)34(44-43-32)26-4-7-28(38)8-5-26)14-19-45(23-37)22-33(47)46-17-12-25(13-18-46)31-10-6-27(21-41-31)35-39-15-3-16-40-35/h3-12,15-16,20-21,24H,13-14,17-19,22-23H2,1-2H3,(H,42,48)(H,43,44)/t37-/m0/s1. The predicted molar refractivity (Wildman–Crippen MR) is 183 cm³/mol. The van der Waals surface area contributed by atoms with Gasteiger partial charge in [-0.3, -0.25) is 24.6 Å². The van der Waals surface area contributed by atoms with Gasteiger partial charge in [-0.1, -0.05) is 19.9 Å². The van der Waals surface area contributed by atoms with Gasteiger partial charge in [0.05, 0.1) is 28.9 Å². The lowest BCUT2D eigenvalue weighted by atomic mass is 9.75. The Hall–Kier alpha value is -5.29. The van der Waals surface area contributed by atoms with Crippen molar-refractivity contribution in [2.75, 3.05) is 38.0 Å². The first-order chi connectivity index (χ1) is 23.3. The second-order valence-electron chi connectivity index (χ2n) is 12.9. The zero-order valence-corrected chi connectivity index (χ0v) is 27.0. The van der Waals surface area contributed by atoms with Gasteiger partial charge >= 0.3 is 0 Å². The molecule has 2 aliphatic rings. The summed E-state index contributed by atoms with van der Waals surface area (Å²) < 4.78 is 13.5. The van der Waals surface area contributed by atoms with E-state index in [0.29, 0.717) is 49.8 Å². The van der Waals surface area contributed by atoms with E-state index in [-0.39, 0.29) is 30.1 Å². The van der Waals surface area contributed by atoms with Crippen LogP contribution in [0.2, 0.25) is 0 Å². The van der Waals surface area contributed by atoms with Gasteiger partial charge < -0.3 is 10.2 Å². The number of fused-ring (bicyclic) bond motifs is 1. The smallest absolute Gasteiger partial charge is 0.237 e. The molecule has 10 nitrogen and oxygen atoms in total. The number of carbonyl (C=O) groups excluding carboxylic acids is 2. The number of aromatic nitrogens is 5. The number of rotatable bonds is 8. The Bertz CT molecular complexity index is 1970. The van der Waals surface area contributed by atoms with Crippen molar-refractivity contribution in [3.8, 4) is 22.6 Å². The molecule has 2 aromatic carbocycles. The summed E-state index contributed by atoms with van der Waals surface area (Å²) in [6.45, 7) is 6.74. The van der Waals surface area contributed by atoms with Crippen LogP contribution < -0.4 is 5.32 Å². The van der Waals surface area contributed by atoms with E-state index in [2.05, 4.69) is 55.3 Å². The van der Waals surface area contributed by atoms with Crippen LogP contribution in [-0.2, 0) is 9.59 Å². The van der Waals surface area contributed by atoms with E-state index in [9.17, 15) is 14.0 Å². The van der Waals surface area contributed by atoms with Gasteiger partial charge in [0.25, 0.3) is 0 Å². The number of likely N-dealkylation sites (tertiary alicyclic amines) is 1. The number of pyridine rings is 1. The van der Waals surface area contributed by atoms with Gasteiger partial charge in [0.2, 0.25) is 11.8 Å². The highest BCUT2D eigenvalue weighted by Gasteiger charge is 2.47. The number of nitrogens with one attached hydrogen (secondary N) is 2. The number of amides is 2. The van der Waals surface area contributed by atoms with Crippen molar-refractivity contribution in [3.63, 3.8) is 0 Å². The highest BCUT2D eigenvalue weighted by Crippen LogP contribution is 2.39. The number of hydrogen-bond donors (Lipinski definition) is 2. The molecule has 5 aromatic rings. The Morgan fingerprint density at radius 3 is 2.50 bits per heavy atom. The summed E-state index contributed by atoms with van der Waals surface area (Å²) in [4.78, 5) is 44.5. The second-order valence-corrected chi connectivity index (χ2v) is 12.9. The SMILES string of the molecule is CC(C)[C@]1(C(=O)Nc2ccc3[nH]nc(-c4ccc(F)cc4)c3c2)CCN(CC(=O)N2CC=C(c3ccc(-c4ncccn4)cn3)CC2)C1. The van der Waals surface area contributed by atoms with E-state index in [1.54, 1.807) is 36.8 Å². The molecule has 1 saturated heterocycles. The van der Waals surface area contributed by atoms with Gasteiger partial charge in [0, 0.05) is 60.4 Å². The fourth-order valence-corrected chi connectivity index (χ4v) is 6.73. The maximum absolute atomic E-state index is 13.9. The van der Waals surface area contributed by atoms with Gasteiger partial charge in [-0.2, -0.15) is 5.10 Å². The van der Waals surface area contributed by atoms with Gasteiger partial charge in [-0.25, -0.2) is 14.4 Å². The summed E-state index contributed by atoms with van der Waals surface area (Å²) in [6.07, 6.45) is 8.68. The van der Waals surface area contributed by atoms with E-state index in [1.165, 1.54) is 12.1 Å². The van der Waals surface area contributed by atoms with Crippen LogP contribution in [0, 0.1) is 17.2 Å². The third-order valence-electron chi connectivity index (χ3n) is 9.71. The van der Waals surface area contributed by atoms with Crippen molar-refractivity contribution in [3.05, 3.63) is 96.8 Å². The molecule has 11 heteroatoms. The summed E-state index contributed by atoms with van der Waals surface area (Å²) >= 11 is 0. The summed E-state index contributed by atoms with van der Waals surface area (Å²) in [5.74, 6) is 0.405. The van der Waals surface area contributed by atoms with Crippen molar-refractivity contribution in [2.45, 2.75) is 26.7 Å². The molecule has 2 aliphatic heterocycles. The van der Waals surface area contributed by atoms with E-state index in [0.717, 1.165) is 39.7 Å². The molecule has 0 radical (unpaired) electrons. The minimum atomic E-state index is -0.636. The zero-order valence-electron chi connectivity index (χ0n) is 27.0. The maximum atomic E-state index is 13.9. The third kappa shape index (κ3) is 6.21. The van der Waals surface area contributed by atoms with Crippen molar-refractivity contribution < 1.29 is 14.0 Å². The van der Waals surface area contributed by atoms with Crippen molar-refractivity contribution in [1.82, 2.24) is 34.9 Å². The normalized spacial score (nSPS) is 18.3. The second kappa shape index (κ2) is 13.1. The Morgan fingerprint density at radius 2 is 1.79 bits per heavy atom. The van der Waals surface area contributed by atoms with Crippen molar-refractivity contribution >= 4 is 34.0 Å². The minimum Gasteiger partial charge on any atom is -0.338 e. The Labute approximate surface area is 278 Å². The molecule has 0 aliphatic carbocycles. The number of carbonyl (C=O) groups is 2. The topological polar surface area (TPSA) is 120 Å². The number of aromatic amines is 1. The van der Waals surface area contributed by atoms with Crippen molar-refractivity contribution in [1.29, 1.82) is 0 Å². The highest BCUT2D eigenvalue weighted by molar-refractivity contribution is 6.00. The first-order valence-corrected chi connectivity index (χ1v) is 16.3. The van der Waals surface area contributed by atoms with E-state index in [1.807, 2.05) is 35.2 Å². The van der Waals surface area contributed by atoms with E-state index in [4.69, 9.17) is 0 Å². The molecule has 2 amide bonds. The van der Waals surface area contributed by atoms with Gasteiger partial charge in [-0.05, 0) is 91.5 Å². The molecule has 0 unspecified atom stereocenters. The van der Waals surface area contributed by atoms with Crippen LogP contribution in [-0.4, -0.2) is 79.5 Å². The largest absolute Gasteiger partial charge is 0.338 e. The molecule has 0 saturated carbocycles. The lowest BCUT2D eigenvalue weighted by Gasteiger charge is -2.33. The minimum absolute atomic E-state index is 0.0541. The monoisotopic (exact) mass is 644 g/mol. The van der Waals surface area contributed by atoms with Crippen LogP contribution in [0.5, 0.6) is 0 Å². The first kappa shape index (κ1) is 31.3.